The van der Waals surface area contributed by atoms with Crippen molar-refractivity contribution in [3.05, 3.63) is 29.8 Å². The summed E-state index contributed by atoms with van der Waals surface area (Å²) in [7, 11) is 0. The second-order valence-corrected chi connectivity index (χ2v) is 3.73. The Bertz CT molecular complexity index is 314. The molecule has 2 atom stereocenters. The summed E-state index contributed by atoms with van der Waals surface area (Å²) in [6.07, 6.45) is 0.901. The summed E-state index contributed by atoms with van der Waals surface area (Å²) in [5.41, 5.74) is 6.96. The molecule has 0 aromatic heterocycles. The summed E-state index contributed by atoms with van der Waals surface area (Å²) in [5.74, 6) is 1.18. The quantitative estimate of drug-likeness (QED) is 0.721. The molecule has 76 valence electrons. The monoisotopic (exact) mass is 193 g/mol. The van der Waals surface area contributed by atoms with E-state index in [2.05, 4.69) is 0 Å². The first-order valence-electron chi connectivity index (χ1n) is 4.88. The Balaban J connectivity index is 2.13. The fourth-order valence-corrected chi connectivity index (χ4v) is 1.78. The fourth-order valence-electron chi connectivity index (χ4n) is 1.78. The number of rotatable bonds is 2. The molecule has 1 aliphatic rings. The first kappa shape index (κ1) is 9.49. The van der Waals surface area contributed by atoms with E-state index >= 15 is 0 Å². The van der Waals surface area contributed by atoms with E-state index < -0.39 is 0 Å². The fraction of sp³-hybridized carbons (Fsp3) is 0.455. The van der Waals surface area contributed by atoms with E-state index in [1.807, 2.05) is 24.3 Å². The Hall–Kier alpha value is -1.06. The molecule has 1 aliphatic heterocycles. The summed E-state index contributed by atoms with van der Waals surface area (Å²) in [4.78, 5) is 0. The summed E-state index contributed by atoms with van der Waals surface area (Å²) >= 11 is 0. The number of aliphatic hydroxyl groups excluding tert-OH is 1. The van der Waals surface area contributed by atoms with Crippen LogP contribution in [0.4, 0.5) is 0 Å². The van der Waals surface area contributed by atoms with E-state index in [0.29, 0.717) is 6.61 Å². The van der Waals surface area contributed by atoms with Crippen LogP contribution in [0.5, 0.6) is 5.75 Å². The van der Waals surface area contributed by atoms with Gasteiger partial charge in [0.25, 0.3) is 0 Å². The van der Waals surface area contributed by atoms with Gasteiger partial charge in [-0.05, 0) is 18.1 Å². The van der Waals surface area contributed by atoms with E-state index in [4.69, 9.17) is 15.6 Å². The molecule has 0 saturated carbocycles. The minimum atomic E-state index is -0.177. The van der Waals surface area contributed by atoms with Crippen molar-refractivity contribution < 1.29 is 9.84 Å². The Morgan fingerprint density at radius 1 is 1.50 bits per heavy atom. The lowest BCUT2D eigenvalue weighted by Crippen LogP contribution is -2.40. The number of aliphatic hydroxyl groups is 1. The minimum Gasteiger partial charge on any atom is -0.493 e. The van der Waals surface area contributed by atoms with E-state index in [1.165, 1.54) is 5.56 Å². The third kappa shape index (κ3) is 1.74. The molecule has 0 bridgehead atoms. The van der Waals surface area contributed by atoms with Gasteiger partial charge < -0.3 is 15.6 Å². The standard InChI is InChI=1S/C11H15NO2/c12-10(6-13)9-5-8-3-1-2-4-11(8)14-7-9/h1-4,9-10,13H,5-7,12H2/t9?,10-/m0/s1. The summed E-state index contributed by atoms with van der Waals surface area (Å²) in [6, 6.07) is 7.80. The van der Waals surface area contributed by atoms with Crippen LogP contribution >= 0.6 is 0 Å². The Labute approximate surface area is 83.5 Å². The predicted molar refractivity (Wildman–Crippen MR) is 54.2 cm³/mol. The van der Waals surface area contributed by atoms with Crippen molar-refractivity contribution in [1.29, 1.82) is 0 Å². The molecule has 0 fully saturated rings. The van der Waals surface area contributed by atoms with E-state index in [-0.39, 0.29) is 18.6 Å². The molecule has 3 nitrogen and oxygen atoms in total. The maximum atomic E-state index is 8.95. The van der Waals surface area contributed by atoms with Gasteiger partial charge in [-0.1, -0.05) is 18.2 Å². The lowest BCUT2D eigenvalue weighted by molar-refractivity contribution is 0.157. The van der Waals surface area contributed by atoms with Crippen LogP contribution in [-0.2, 0) is 6.42 Å². The highest BCUT2D eigenvalue weighted by molar-refractivity contribution is 5.35. The van der Waals surface area contributed by atoms with Gasteiger partial charge in [-0.3, -0.25) is 0 Å². The number of hydrogen-bond donors (Lipinski definition) is 2. The largest absolute Gasteiger partial charge is 0.493 e. The number of hydrogen-bond acceptors (Lipinski definition) is 3. The van der Waals surface area contributed by atoms with Crippen molar-refractivity contribution in [3.63, 3.8) is 0 Å². The van der Waals surface area contributed by atoms with Gasteiger partial charge in [-0.25, -0.2) is 0 Å². The molecule has 0 radical (unpaired) electrons. The van der Waals surface area contributed by atoms with Crippen LogP contribution < -0.4 is 10.5 Å². The summed E-state index contributed by atoms with van der Waals surface area (Å²) in [6.45, 7) is 0.634. The van der Waals surface area contributed by atoms with Crippen LogP contribution in [0.2, 0.25) is 0 Å². The maximum Gasteiger partial charge on any atom is 0.122 e. The highest BCUT2D eigenvalue weighted by Crippen LogP contribution is 2.27. The van der Waals surface area contributed by atoms with Gasteiger partial charge in [0.1, 0.15) is 5.75 Å². The van der Waals surface area contributed by atoms with Gasteiger partial charge in [0.2, 0.25) is 0 Å². The topological polar surface area (TPSA) is 55.5 Å². The normalized spacial score (nSPS) is 22.3. The second-order valence-electron chi connectivity index (χ2n) is 3.73. The highest BCUT2D eigenvalue weighted by atomic mass is 16.5. The number of benzene rings is 1. The Kier molecular flexibility index (Phi) is 2.70. The van der Waals surface area contributed by atoms with Crippen LogP contribution in [0.15, 0.2) is 24.3 Å². The van der Waals surface area contributed by atoms with Crippen molar-refractivity contribution in [3.8, 4) is 5.75 Å². The summed E-state index contributed by atoms with van der Waals surface area (Å²) in [5, 5.41) is 8.95. The molecule has 3 N–H and O–H groups in total. The van der Waals surface area contributed by atoms with Crippen LogP contribution in [-0.4, -0.2) is 24.4 Å². The highest BCUT2D eigenvalue weighted by Gasteiger charge is 2.24. The first-order valence-corrected chi connectivity index (χ1v) is 4.88. The van der Waals surface area contributed by atoms with E-state index in [1.54, 1.807) is 0 Å². The predicted octanol–water partition coefficient (Wildman–Crippen LogP) is 0.557. The lowest BCUT2D eigenvalue weighted by Gasteiger charge is -2.28. The van der Waals surface area contributed by atoms with Crippen molar-refractivity contribution in [2.75, 3.05) is 13.2 Å². The number of ether oxygens (including phenoxy) is 1. The first-order chi connectivity index (χ1) is 6.81. The Morgan fingerprint density at radius 3 is 3.07 bits per heavy atom. The zero-order valence-electron chi connectivity index (χ0n) is 8.02. The van der Waals surface area contributed by atoms with E-state index in [9.17, 15) is 0 Å². The summed E-state index contributed by atoms with van der Waals surface area (Å²) < 4.78 is 5.57. The van der Waals surface area contributed by atoms with Crippen LogP contribution in [0.3, 0.4) is 0 Å². The molecule has 1 heterocycles. The van der Waals surface area contributed by atoms with Gasteiger partial charge in [0.15, 0.2) is 0 Å². The second kappa shape index (κ2) is 3.98. The molecular formula is C11H15NO2. The maximum absolute atomic E-state index is 8.95. The van der Waals surface area contributed by atoms with Crippen molar-refractivity contribution in [2.24, 2.45) is 11.7 Å². The van der Waals surface area contributed by atoms with Gasteiger partial charge in [-0.2, -0.15) is 0 Å². The van der Waals surface area contributed by atoms with Crippen molar-refractivity contribution in [2.45, 2.75) is 12.5 Å². The minimum absolute atomic E-state index is 0.0240. The molecule has 0 aliphatic carbocycles. The third-order valence-electron chi connectivity index (χ3n) is 2.72. The van der Waals surface area contributed by atoms with Gasteiger partial charge in [0.05, 0.1) is 13.2 Å². The van der Waals surface area contributed by atoms with Crippen LogP contribution in [0, 0.1) is 5.92 Å². The molecule has 3 heteroatoms. The average Bonchev–Trinajstić information content (AvgIpc) is 2.27. The van der Waals surface area contributed by atoms with E-state index in [0.717, 1.165) is 12.2 Å². The molecule has 1 aromatic carbocycles. The molecule has 2 rings (SSSR count). The number of para-hydroxylation sites is 1. The number of nitrogens with two attached hydrogens (primary N) is 1. The van der Waals surface area contributed by atoms with Gasteiger partial charge in [0, 0.05) is 12.0 Å². The molecule has 14 heavy (non-hydrogen) atoms. The van der Waals surface area contributed by atoms with Crippen molar-refractivity contribution in [1.82, 2.24) is 0 Å². The molecule has 1 unspecified atom stereocenters. The third-order valence-corrected chi connectivity index (χ3v) is 2.72. The molecule has 0 spiro atoms. The molecule has 1 aromatic rings. The molecule has 0 saturated heterocycles. The zero-order chi connectivity index (χ0) is 9.97. The zero-order valence-corrected chi connectivity index (χ0v) is 8.02. The van der Waals surface area contributed by atoms with Crippen LogP contribution in [0.1, 0.15) is 5.56 Å². The SMILES string of the molecule is N[C@@H](CO)C1COc2ccccc2C1. The number of fused-ring (bicyclic) bond motifs is 1. The van der Waals surface area contributed by atoms with Crippen molar-refractivity contribution >= 4 is 0 Å². The Morgan fingerprint density at radius 2 is 2.29 bits per heavy atom. The van der Waals surface area contributed by atoms with Gasteiger partial charge >= 0.3 is 0 Å². The average molecular weight is 193 g/mol. The van der Waals surface area contributed by atoms with Gasteiger partial charge in [-0.15, -0.1) is 0 Å². The van der Waals surface area contributed by atoms with Crippen LogP contribution in [0.25, 0.3) is 0 Å². The smallest absolute Gasteiger partial charge is 0.122 e. The molecule has 0 amide bonds. The lowest BCUT2D eigenvalue weighted by atomic mass is 9.91. The molecular weight excluding hydrogens is 178 g/mol.